The fourth-order valence-corrected chi connectivity index (χ4v) is 2.56. The van der Waals surface area contributed by atoms with Crippen molar-refractivity contribution in [1.29, 1.82) is 0 Å². The van der Waals surface area contributed by atoms with E-state index in [1.54, 1.807) is 31.4 Å². The number of ether oxygens (including phenoxy) is 1. The molecule has 4 N–H and O–H groups in total. The Balaban J connectivity index is 1.85. The molecule has 0 fully saturated rings. The zero-order chi connectivity index (χ0) is 16.7. The number of urea groups is 1. The van der Waals surface area contributed by atoms with Gasteiger partial charge in [-0.3, -0.25) is 4.79 Å². The highest BCUT2D eigenvalue weighted by Crippen LogP contribution is 2.23. The molecule has 0 bridgehead atoms. The van der Waals surface area contributed by atoms with E-state index >= 15 is 0 Å². The van der Waals surface area contributed by atoms with Gasteiger partial charge in [0.2, 0.25) is 5.91 Å². The van der Waals surface area contributed by atoms with Crippen LogP contribution in [-0.4, -0.2) is 24.8 Å². The average Bonchev–Trinajstić information content (AvgIpc) is 2.54. The number of thioether (sulfide) groups is 1. The molecule has 2 rings (SSSR count). The summed E-state index contributed by atoms with van der Waals surface area (Å²) in [4.78, 5) is 23.6. The first-order chi connectivity index (χ1) is 11.1. The van der Waals surface area contributed by atoms with Gasteiger partial charge in [-0.2, -0.15) is 0 Å². The SMILES string of the molecule is COc1cccc(SCC(=O)Nc2ccc(NC(N)=O)cc2)c1. The van der Waals surface area contributed by atoms with Crippen LogP contribution in [0.5, 0.6) is 5.75 Å². The summed E-state index contributed by atoms with van der Waals surface area (Å²) in [7, 11) is 1.60. The van der Waals surface area contributed by atoms with Gasteiger partial charge >= 0.3 is 6.03 Å². The van der Waals surface area contributed by atoms with Crippen LogP contribution in [0.3, 0.4) is 0 Å². The maximum atomic E-state index is 12.0. The fraction of sp³-hybridized carbons (Fsp3) is 0.125. The Morgan fingerprint density at radius 1 is 1.09 bits per heavy atom. The van der Waals surface area contributed by atoms with Crippen molar-refractivity contribution in [3.63, 3.8) is 0 Å². The second-order valence-electron chi connectivity index (χ2n) is 4.58. The molecule has 0 aromatic heterocycles. The molecule has 0 heterocycles. The van der Waals surface area contributed by atoms with Crippen molar-refractivity contribution >= 4 is 35.1 Å². The van der Waals surface area contributed by atoms with Gasteiger partial charge in [0.25, 0.3) is 0 Å². The first-order valence-electron chi connectivity index (χ1n) is 6.80. The number of anilines is 2. The van der Waals surface area contributed by atoms with E-state index in [9.17, 15) is 9.59 Å². The molecule has 6 nitrogen and oxygen atoms in total. The van der Waals surface area contributed by atoms with Gasteiger partial charge in [0, 0.05) is 16.3 Å². The first-order valence-corrected chi connectivity index (χ1v) is 7.78. The Morgan fingerprint density at radius 3 is 2.35 bits per heavy atom. The summed E-state index contributed by atoms with van der Waals surface area (Å²) in [6.07, 6.45) is 0. The molecule has 0 saturated heterocycles. The van der Waals surface area contributed by atoms with Gasteiger partial charge in [-0.1, -0.05) is 6.07 Å². The molecule has 0 unspecified atom stereocenters. The van der Waals surface area contributed by atoms with Gasteiger partial charge in [0.1, 0.15) is 5.75 Å². The lowest BCUT2D eigenvalue weighted by Gasteiger charge is -2.07. The van der Waals surface area contributed by atoms with E-state index in [1.165, 1.54) is 11.8 Å². The Morgan fingerprint density at radius 2 is 1.74 bits per heavy atom. The molecule has 0 aliphatic heterocycles. The second-order valence-corrected chi connectivity index (χ2v) is 5.63. The van der Waals surface area contributed by atoms with Crippen molar-refractivity contribution < 1.29 is 14.3 Å². The minimum atomic E-state index is -0.628. The lowest BCUT2D eigenvalue weighted by atomic mass is 10.3. The van der Waals surface area contributed by atoms with Crippen molar-refractivity contribution in [3.05, 3.63) is 48.5 Å². The Labute approximate surface area is 138 Å². The third-order valence-electron chi connectivity index (χ3n) is 2.85. The number of methoxy groups -OCH3 is 1. The Kier molecular flexibility index (Phi) is 5.87. The predicted molar refractivity (Wildman–Crippen MR) is 92.0 cm³/mol. The molecule has 2 aromatic rings. The number of hydrogen-bond donors (Lipinski definition) is 3. The molecule has 0 radical (unpaired) electrons. The Bertz CT molecular complexity index is 689. The van der Waals surface area contributed by atoms with Gasteiger partial charge < -0.3 is 21.1 Å². The molecular weight excluding hydrogens is 314 g/mol. The summed E-state index contributed by atoms with van der Waals surface area (Å²) in [5.74, 6) is 0.926. The van der Waals surface area contributed by atoms with E-state index in [0.717, 1.165) is 10.6 Å². The monoisotopic (exact) mass is 331 g/mol. The molecule has 120 valence electrons. The molecule has 0 aliphatic rings. The molecular formula is C16H17N3O3S. The van der Waals surface area contributed by atoms with Gasteiger partial charge in [-0.15, -0.1) is 11.8 Å². The quantitative estimate of drug-likeness (QED) is 0.710. The van der Waals surface area contributed by atoms with Gasteiger partial charge in [0.05, 0.1) is 12.9 Å². The smallest absolute Gasteiger partial charge is 0.316 e. The highest BCUT2D eigenvalue weighted by molar-refractivity contribution is 8.00. The van der Waals surface area contributed by atoms with Crippen molar-refractivity contribution in [2.75, 3.05) is 23.5 Å². The minimum absolute atomic E-state index is 0.117. The average molecular weight is 331 g/mol. The van der Waals surface area contributed by atoms with E-state index in [0.29, 0.717) is 11.4 Å². The van der Waals surface area contributed by atoms with E-state index < -0.39 is 6.03 Å². The van der Waals surface area contributed by atoms with Crippen molar-refractivity contribution in [2.45, 2.75) is 4.90 Å². The highest BCUT2D eigenvalue weighted by atomic mass is 32.2. The number of carbonyl (C=O) groups is 2. The number of carbonyl (C=O) groups excluding carboxylic acids is 2. The first kappa shape index (κ1) is 16.7. The highest BCUT2D eigenvalue weighted by Gasteiger charge is 2.05. The van der Waals surface area contributed by atoms with Gasteiger partial charge in [-0.05, 0) is 42.5 Å². The third kappa shape index (κ3) is 5.55. The molecule has 3 amide bonds. The van der Waals surface area contributed by atoms with Crippen LogP contribution in [0.2, 0.25) is 0 Å². The van der Waals surface area contributed by atoms with Crippen LogP contribution in [0.1, 0.15) is 0 Å². The fourth-order valence-electron chi connectivity index (χ4n) is 1.82. The van der Waals surface area contributed by atoms with Crippen LogP contribution in [0, 0.1) is 0 Å². The Hall–Kier alpha value is -2.67. The minimum Gasteiger partial charge on any atom is -0.497 e. The molecule has 0 atom stereocenters. The largest absolute Gasteiger partial charge is 0.497 e. The van der Waals surface area contributed by atoms with Crippen molar-refractivity contribution in [3.8, 4) is 5.75 Å². The van der Waals surface area contributed by atoms with E-state index in [-0.39, 0.29) is 11.7 Å². The number of primary amides is 1. The summed E-state index contributed by atoms with van der Waals surface area (Å²) in [5, 5.41) is 5.24. The van der Waals surface area contributed by atoms with Crippen LogP contribution in [0.15, 0.2) is 53.4 Å². The number of nitrogens with two attached hydrogens (primary N) is 1. The summed E-state index contributed by atoms with van der Waals surface area (Å²) >= 11 is 1.42. The number of benzene rings is 2. The van der Waals surface area contributed by atoms with Crippen molar-refractivity contribution in [2.24, 2.45) is 5.73 Å². The van der Waals surface area contributed by atoms with E-state index in [4.69, 9.17) is 10.5 Å². The van der Waals surface area contributed by atoms with Crippen LogP contribution >= 0.6 is 11.8 Å². The summed E-state index contributed by atoms with van der Waals surface area (Å²) in [6, 6.07) is 13.6. The van der Waals surface area contributed by atoms with E-state index in [1.807, 2.05) is 24.3 Å². The van der Waals surface area contributed by atoms with E-state index in [2.05, 4.69) is 10.6 Å². The van der Waals surface area contributed by atoms with Gasteiger partial charge in [0.15, 0.2) is 0 Å². The third-order valence-corrected chi connectivity index (χ3v) is 3.84. The molecule has 0 spiro atoms. The maximum absolute atomic E-state index is 12.0. The predicted octanol–water partition coefficient (Wildman–Crippen LogP) is 2.92. The van der Waals surface area contributed by atoms with Gasteiger partial charge in [-0.25, -0.2) is 4.79 Å². The van der Waals surface area contributed by atoms with Crippen LogP contribution < -0.4 is 21.1 Å². The summed E-state index contributed by atoms with van der Waals surface area (Å²) < 4.78 is 5.14. The number of amides is 3. The lowest BCUT2D eigenvalue weighted by molar-refractivity contribution is -0.113. The molecule has 0 aliphatic carbocycles. The molecule has 2 aromatic carbocycles. The standard InChI is InChI=1S/C16H17N3O3S/c1-22-13-3-2-4-14(9-13)23-10-15(20)18-11-5-7-12(8-6-11)19-16(17)21/h2-9H,10H2,1H3,(H,18,20)(H3,17,19,21). The second kappa shape index (κ2) is 8.09. The molecule has 0 saturated carbocycles. The number of nitrogens with one attached hydrogen (secondary N) is 2. The number of hydrogen-bond acceptors (Lipinski definition) is 4. The molecule has 7 heteroatoms. The zero-order valence-electron chi connectivity index (χ0n) is 12.5. The summed E-state index contributed by atoms with van der Waals surface area (Å²) in [5.41, 5.74) is 6.25. The van der Waals surface area contributed by atoms with Crippen molar-refractivity contribution in [1.82, 2.24) is 0 Å². The lowest BCUT2D eigenvalue weighted by Crippen LogP contribution is -2.19. The van der Waals surface area contributed by atoms with Crippen LogP contribution in [0.4, 0.5) is 16.2 Å². The number of rotatable bonds is 6. The van der Waals surface area contributed by atoms with Crippen LogP contribution in [0.25, 0.3) is 0 Å². The summed E-state index contributed by atoms with van der Waals surface area (Å²) in [6.45, 7) is 0. The normalized spacial score (nSPS) is 9.96. The maximum Gasteiger partial charge on any atom is 0.316 e. The molecule has 23 heavy (non-hydrogen) atoms. The van der Waals surface area contributed by atoms with Crippen LogP contribution in [-0.2, 0) is 4.79 Å². The zero-order valence-corrected chi connectivity index (χ0v) is 13.4. The topological polar surface area (TPSA) is 93.4 Å².